The van der Waals surface area contributed by atoms with Gasteiger partial charge in [-0.3, -0.25) is 14.4 Å². The van der Waals surface area contributed by atoms with E-state index in [1.54, 1.807) is 34.6 Å². The predicted molar refractivity (Wildman–Crippen MR) is 120 cm³/mol. The normalized spacial score (nSPS) is 33.5. The third kappa shape index (κ3) is 3.90. The van der Waals surface area contributed by atoms with Gasteiger partial charge in [-0.05, 0) is 25.7 Å². The highest BCUT2D eigenvalue weighted by molar-refractivity contribution is 8.02. The van der Waals surface area contributed by atoms with Gasteiger partial charge < -0.3 is 19.6 Å². The number of hydrogen-bond donors (Lipinski definition) is 1. The van der Waals surface area contributed by atoms with E-state index in [1.807, 2.05) is 0 Å². The number of fused-ring (bicyclic) bond motifs is 1. The van der Waals surface area contributed by atoms with Gasteiger partial charge in [0.1, 0.15) is 6.04 Å². The van der Waals surface area contributed by atoms with Crippen LogP contribution in [0.2, 0.25) is 0 Å². The third-order valence-electron chi connectivity index (χ3n) is 7.07. The summed E-state index contributed by atoms with van der Waals surface area (Å²) in [5, 5.41) is 9.67. The van der Waals surface area contributed by atoms with E-state index in [4.69, 9.17) is 4.74 Å². The van der Waals surface area contributed by atoms with Gasteiger partial charge >= 0.3 is 5.97 Å². The number of hydrogen-bond acceptors (Lipinski definition) is 6. The zero-order chi connectivity index (χ0) is 22.8. The largest absolute Gasteiger partial charge is 0.466 e. The van der Waals surface area contributed by atoms with Crippen molar-refractivity contribution in [2.24, 2.45) is 17.8 Å². The lowest BCUT2D eigenvalue weighted by molar-refractivity contribution is -0.154. The zero-order valence-electron chi connectivity index (χ0n) is 18.9. The summed E-state index contributed by atoms with van der Waals surface area (Å²) in [6.45, 7) is 11.0. The first kappa shape index (κ1) is 24.1. The first-order chi connectivity index (χ1) is 14.9. The van der Waals surface area contributed by atoms with Crippen LogP contribution < -0.4 is 0 Å². The fraction of sp³-hybridized carbons (Fsp3) is 0.783. The van der Waals surface area contributed by atoms with Gasteiger partial charge in [-0.1, -0.05) is 32.8 Å². The summed E-state index contributed by atoms with van der Waals surface area (Å²) in [6, 6.07) is -0.678. The molecular weight excluding hydrogens is 416 g/mol. The van der Waals surface area contributed by atoms with E-state index in [1.165, 1.54) is 0 Å². The van der Waals surface area contributed by atoms with Gasteiger partial charge in [0.05, 0.1) is 29.8 Å². The molecule has 3 unspecified atom stereocenters. The molecule has 0 aromatic rings. The van der Waals surface area contributed by atoms with E-state index in [0.29, 0.717) is 13.1 Å². The Balaban J connectivity index is 1.99. The second kappa shape index (κ2) is 9.94. The van der Waals surface area contributed by atoms with Gasteiger partial charge in [0, 0.05) is 24.9 Å². The summed E-state index contributed by atoms with van der Waals surface area (Å²) in [4.78, 5) is 43.6. The van der Waals surface area contributed by atoms with Crippen molar-refractivity contribution in [1.82, 2.24) is 9.80 Å². The maximum atomic E-state index is 13.9. The minimum Gasteiger partial charge on any atom is -0.466 e. The van der Waals surface area contributed by atoms with E-state index in [-0.39, 0.29) is 48.7 Å². The Morgan fingerprint density at radius 3 is 2.74 bits per heavy atom. The predicted octanol–water partition coefficient (Wildman–Crippen LogP) is 2.08. The molecule has 2 amide bonds. The second-order valence-corrected chi connectivity index (χ2v) is 10.4. The summed E-state index contributed by atoms with van der Waals surface area (Å²) >= 11 is 1.64. The van der Waals surface area contributed by atoms with E-state index < -0.39 is 22.6 Å². The molecule has 1 N–H and O–H groups in total. The molecule has 0 aromatic carbocycles. The monoisotopic (exact) mass is 452 g/mol. The maximum absolute atomic E-state index is 13.9. The Kier molecular flexibility index (Phi) is 7.73. The third-order valence-corrected chi connectivity index (χ3v) is 9.15. The number of rotatable bonds is 11. The van der Waals surface area contributed by atoms with Gasteiger partial charge in [-0.2, -0.15) is 0 Å². The Morgan fingerprint density at radius 2 is 2.13 bits per heavy atom. The molecule has 174 valence electrons. The highest BCUT2D eigenvalue weighted by atomic mass is 32.2. The van der Waals surface area contributed by atoms with Crippen molar-refractivity contribution in [3.05, 3.63) is 12.7 Å². The first-order valence-electron chi connectivity index (χ1n) is 11.5. The molecule has 0 saturated carbocycles. The Bertz CT molecular complexity index is 716. The number of aliphatic hydroxyl groups is 1. The lowest BCUT2D eigenvalue weighted by Crippen LogP contribution is -2.57. The highest BCUT2D eigenvalue weighted by Crippen LogP contribution is 2.68. The average Bonchev–Trinajstić information content (AvgIpc) is 3.32. The Morgan fingerprint density at radius 1 is 1.39 bits per heavy atom. The van der Waals surface area contributed by atoms with E-state index in [9.17, 15) is 19.5 Å². The molecule has 7 nitrogen and oxygen atoms in total. The van der Waals surface area contributed by atoms with E-state index >= 15 is 0 Å². The molecule has 0 aliphatic carbocycles. The van der Waals surface area contributed by atoms with Crippen LogP contribution in [0, 0.1) is 17.8 Å². The van der Waals surface area contributed by atoms with Crippen LogP contribution in [-0.4, -0.2) is 81.6 Å². The number of nitrogens with zero attached hydrogens (tertiary/aromatic N) is 2. The molecule has 3 heterocycles. The number of carbonyl (C=O) groups excluding carboxylic acids is 3. The number of β-amino-alcohol motifs (C(OH)–C–C–N with tert-alkyl or cyclic N) is 1. The fourth-order valence-electron chi connectivity index (χ4n) is 5.83. The van der Waals surface area contributed by atoms with Crippen LogP contribution in [0.3, 0.4) is 0 Å². The molecule has 0 aromatic heterocycles. The van der Waals surface area contributed by atoms with Crippen LogP contribution in [0.15, 0.2) is 12.7 Å². The molecule has 3 rings (SSSR count). The molecule has 6 atom stereocenters. The molecule has 3 aliphatic rings. The molecule has 31 heavy (non-hydrogen) atoms. The van der Waals surface area contributed by atoms with Crippen LogP contribution in [0.4, 0.5) is 0 Å². The van der Waals surface area contributed by atoms with Crippen LogP contribution in [0.25, 0.3) is 0 Å². The van der Waals surface area contributed by atoms with Crippen molar-refractivity contribution in [1.29, 1.82) is 0 Å². The van der Waals surface area contributed by atoms with Crippen molar-refractivity contribution < 1.29 is 24.2 Å². The first-order valence-corrected chi connectivity index (χ1v) is 12.4. The van der Waals surface area contributed by atoms with Crippen molar-refractivity contribution >= 4 is 29.5 Å². The standard InChI is InChI=1S/C23H36N2O5S/c1-5-8-9-11-24(10-6-2)21(28)19-23-15(4)14-16(31-23)17(22(29)30-7-3)18(23)20(27)25(19)12-13-26/h6,15-19,26H,2,5,7-14H2,1,3-4H3/t15?,16-,17+,18-,19?,23?/m0/s1. The minimum absolute atomic E-state index is 0.0116. The quantitative estimate of drug-likeness (QED) is 0.293. The second-order valence-electron chi connectivity index (χ2n) is 8.84. The van der Waals surface area contributed by atoms with Gasteiger partial charge in [0.2, 0.25) is 11.8 Å². The number of aliphatic hydroxyl groups excluding tert-OH is 1. The van der Waals surface area contributed by atoms with Crippen LogP contribution >= 0.6 is 11.8 Å². The van der Waals surface area contributed by atoms with Gasteiger partial charge in [-0.15, -0.1) is 18.3 Å². The van der Waals surface area contributed by atoms with Crippen molar-refractivity contribution in [3.63, 3.8) is 0 Å². The Labute approximate surface area is 189 Å². The number of amides is 2. The number of esters is 1. The molecule has 0 radical (unpaired) electrons. The number of carbonyl (C=O) groups is 3. The molecule has 3 fully saturated rings. The van der Waals surface area contributed by atoms with Crippen LogP contribution in [0.1, 0.15) is 46.5 Å². The molecule has 3 saturated heterocycles. The van der Waals surface area contributed by atoms with Gasteiger partial charge in [0.15, 0.2) is 0 Å². The molecule has 3 aliphatic heterocycles. The topological polar surface area (TPSA) is 87.2 Å². The van der Waals surface area contributed by atoms with Crippen molar-refractivity contribution in [3.8, 4) is 0 Å². The van der Waals surface area contributed by atoms with Crippen LogP contribution in [-0.2, 0) is 19.1 Å². The SMILES string of the molecule is C=CCN(CCCCC)C(=O)C1N(CCO)C(=O)[C@@H]2[C@H](C(=O)OCC)[C@@H]3CC(C)C12S3. The van der Waals surface area contributed by atoms with Crippen molar-refractivity contribution in [2.75, 3.05) is 32.8 Å². The smallest absolute Gasteiger partial charge is 0.310 e. The lowest BCUT2D eigenvalue weighted by Gasteiger charge is -2.40. The number of thioether (sulfide) groups is 1. The van der Waals surface area contributed by atoms with Crippen LogP contribution in [0.5, 0.6) is 0 Å². The maximum Gasteiger partial charge on any atom is 0.310 e. The lowest BCUT2D eigenvalue weighted by atomic mass is 9.66. The highest BCUT2D eigenvalue weighted by Gasteiger charge is 2.76. The van der Waals surface area contributed by atoms with Gasteiger partial charge in [-0.25, -0.2) is 0 Å². The number of ether oxygens (including phenoxy) is 1. The molecule has 2 bridgehead atoms. The summed E-state index contributed by atoms with van der Waals surface area (Å²) in [5.74, 6) is -1.62. The number of likely N-dealkylation sites (tertiary alicyclic amines) is 1. The summed E-state index contributed by atoms with van der Waals surface area (Å²) in [5.41, 5.74) is 0. The molecular formula is C23H36N2O5S. The average molecular weight is 453 g/mol. The summed E-state index contributed by atoms with van der Waals surface area (Å²) < 4.78 is 4.67. The van der Waals surface area contributed by atoms with Crippen molar-refractivity contribution in [2.45, 2.75) is 62.5 Å². The zero-order valence-corrected chi connectivity index (χ0v) is 19.7. The molecule has 8 heteroatoms. The fourth-order valence-corrected chi connectivity index (χ4v) is 8.23. The van der Waals surface area contributed by atoms with E-state index in [2.05, 4.69) is 20.4 Å². The van der Waals surface area contributed by atoms with Gasteiger partial charge in [0.25, 0.3) is 0 Å². The van der Waals surface area contributed by atoms with E-state index in [0.717, 1.165) is 25.7 Å². The minimum atomic E-state index is -0.678. The number of unbranched alkanes of at least 4 members (excludes halogenated alkanes) is 2. The molecule has 1 spiro atoms. The Hall–Kier alpha value is -1.54. The summed E-state index contributed by atoms with van der Waals surface area (Å²) in [6.07, 6.45) is 5.47. The summed E-state index contributed by atoms with van der Waals surface area (Å²) in [7, 11) is 0.